The first-order chi connectivity index (χ1) is 7.35. The van der Waals surface area contributed by atoms with Crippen LogP contribution in [0.5, 0.6) is 0 Å². The minimum atomic E-state index is 0.635. The summed E-state index contributed by atoms with van der Waals surface area (Å²) in [4.78, 5) is 0. The summed E-state index contributed by atoms with van der Waals surface area (Å²) in [7, 11) is 1.76. The van der Waals surface area contributed by atoms with Crippen LogP contribution in [0.25, 0.3) is 0 Å². The minimum absolute atomic E-state index is 0.635. The van der Waals surface area contributed by atoms with Crippen molar-refractivity contribution in [3.8, 4) is 0 Å². The molecule has 0 fully saturated rings. The third-order valence-electron chi connectivity index (χ3n) is 3.19. The average molecular weight is 205 g/mol. The van der Waals surface area contributed by atoms with Crippen LogP contribution in [0.15, 0.2) is 18.2 Å². The maximum Gasteiger partial charge on any atom is 0.0715 e. The molecule has 0 amide bonds. The fraction of sp³-hybridized carbons (Fsp3) is 0.538. The van der Waals surface area contributed by atoms with Crippen LogP contribution in [0.3, 0.4) is 0 Å². The highest BCUT2D eigenvalue weighted by atomic mass is 16.5. The number of hydrogen-bond acceptors (Lipinski definition) is 2. The van der Waals surface area contributed by atoms with Gasteiger partial charge in [0, 0.05) is 19.7 Å². The Kier molecular flexibility index (Phi) is 3.39. The van der Waals surface area contributed by atoms with Crippen molar-refractivity contribution in [2.24, 2.45) is 0 Å². The lowest BCUT2D eigenvalue weighted by Crippen LogP contribution is -2.35. The van der Waals surface area contributed by atoms with Crippen LogP contribution in [0.4, 0.5) is 0 Å². The van der Waals surface area contributed by atoms with Crippen molar-refractivity contribution < 1.29 is 4.74 Å². The van der Waals surface area contributed by atoms with E-state index >= 15 is 0 Å². The third-order valence-corrected chi connectivity index (χ3v) is 3.19. The minimum Gasteiger partial charge on any atom is -0.380 e. The van der Waals surface area contributed by atoms with Gasteiger partial charge in [0.1, 0.15) is 0 Å². The SMILES string of the molecule is CCC1Cc2c(cccc2COC)CN1. The summed E-state index contributed by atoms with van der Waals surface area (Å²) in [5.41, 5.74) is 4.30. The first-order valence-electron chi connectivity index (χ1n) is 5.67. The zero-order chi connectivity index (χ0) is 10.7. The van der Waals surface area contributed by atoms with E-state index in [1.807, 2.05) is 0 Å². The molecule has 1 aromatic rings. The average Bonchev–Trinajstić information content (AvgIpc) is 2.29. The first-order valence-corrected chi connectivity index (χ1v) is 5.67. The third kappa shape index (κ3) is 2.21. The Morgan fingerprint density at radius 1 is 1.47 bits per heavy atom. The molecule has 1 aromatic carbocycles. The van der Waals surface area contributed by atoms with E-state index in [1.54, 1.807) is 7.11 Å². The van der Waals surface area contributed by atoms with Gasteiger partial charge in [0.05, 0.1) is 6.61 Å². The molecule has 0 spiro atoms. The molecule has 2 nitrogen and oxygen atoms in total. The van der Waals surface area contributed by atoms with Crippen LogP contribution < -0.4 is 5.32 Å². The predicted molar refractivity (Wildman–Crippen MR) is 61.8 cm³/mol. The van der Waals surface area contributed by atoms with Gasteiger partial charge in [-0.3, -0.25) is 0 Å². The van der Waals surface area contributed by atoms with Crippen molar-refractivity contribution in [2.75, 3.05) is 7.11 Å². The second-order valence-electron chi connectivity index (χ2n) is 4.18. The van der Waals surface area contributed by atoms with Gasteiger partial charge < -0.3 is 10.1 Å². The number of benzene rings is 1. The Labute approximate surface area is 91.6 Å². The van der Waals surface area contributed by atoms with Gasteiger partial charge in [-0.25, -0.2) is 0 Å². The van der Waals surface area contributed by atoms with Gasteiger partial charge in [0.25, 0.3) is 0 Å². The molecule has 2 rings (SSSR count). The molecule has 0 aliphatic carbocycles. The normalized spacial score (nSPS) is 20.0. The highest BCUT2D eigenvalue weighted by Gasteiger charge is 2.18. The van der Waals surface area contributed by atoms with Gasteiger partial charge in [-0.2, -0.15) is 0 Å². The number of methoxy groups -OCH3 is 1. The van der Waals surface area contributed by atoms with E-state index in [9.17, 15) is 0 Å². The molecule has 1 unspecified atom stereocenters. The number of hydrogen-bond donors (Lipinski definition) is 1. The summed E-state index contributed by atoms with van der Waals surface area (Å²) in [6.07, 6.45) is 2.34. The monoisotopic (exact) mass is 205 g/mol. The van der Waals surface area contributed by atoms with Gasteiger partial charge in [-0.1, -0.05) is 25.1 Å². The molecule has 0 saturated heterocycles. The van der Waals surface area contributed by atoms with E-state index in [1.165, 1.54) is 23.1 Å². The molecule has 1 atom stereocenters. The summed E-state index contributed by atoms with van der Waals surface area (Å²) in [5.74, 6) is 0. The molecular formula is C13H19NO. The molecule has 0 radical (unpaired) electrons. The summed E-state index contributed by atoms with van der Waals surface area (Å²) < 4.78 is 5.24. The highest BCUT2D eigenvalue weighted by molar-refractivity contribution is 5.37. The Morgan fingerprint density at radius 3 is 3.07 bits per heavy atom. The zero-order valence-electron chi connectivity index (χ0n) is 9.55. The van der Waals surface area contributed by atoms with Crippen LogP contribution in [0.2, 0.25) is 0 Å². The molecule has 1 aliphatic heterocycles. The van der Waals surface area contributed by atoms with Crippen molar-refractivity contribution in [1.29, 1.82) is 0 Å². The van der Waals surface area contributed by atoms with Crippen molar-refractivity contribution in [3.05, 3.63) is 34.9 Å². The fourth-order valence-electron chi connectivity index (χ4n) is 2.27. The lowest BCUT2D eigenvalue weighted by molar-refractivity contribution is 0.183. The quantitative estimate of drug-likeness (QED) is 0.817. The number of nitrogens with one attached hydrogen (secondary N) is 1. The predicted octanol–water partition coefficient (Wildman–Crippen LogP) is 2.26. The molecular weight excluding hydrogens is 186 g/mol. The Balaban J connectivity index is 2.28. The first kappa shape index (κ1) is 10.7. The number of fused-ring (bicyclic) bond motifs is 1. The van der Waals surface area contributed by atoms with Gasteiger partial charge in [0.2, 0.25) is 0 Å². The van der Waals surface area contributed by atoms with Gasteiger partial charge in [-0.05, 0) is 29.5 Å². The second-order valence-corrected chi connectivity index (χ2v) is 4.18. The zero-order valence-corrected chi connectivity index (χ0v) is 9.55. The maximum absolute atomic E-state index is 5.24. The van der Waals surface area contributed by atoms with Crippen LogP contribution >= 0.6 is 0 Å². The van der Waals surface area contributed by atoms with E-state index in [-0.39, 0.29) is 0 Å². The number of ether oxygens (including phenoxy) is 1. The van der Waals surface area contributed by atoms with Crippen molar-refractivity contribution >= 4 is 0 Å². The van der Waals surface area contributed by atoms with Crippen molar-refractivity contribution in [1.82, 2.24) is 5.32 Å². The van der Waals surface area contributed by atoms with E-state index in [0.29, 0.717) is 6.04 Å². The highest BCUT2D eigenvalue weighted by Crippen LogP contribution is 2.22. The van der Waals surface area contributed by atoms with Gasteiger partial charge >= 0.3 is 0 Å². The van der Waals surface area contributed by atoms with E-state index in [2.05, 4.69) is 30.4 Å². The molecule has 1 heterocycles. The summed E-state index contributed by atoms with van der Waals surface area (Å²) in [6.45, 7) is 3.98. The van der Waals surface area contributed by atoms with E-state index in [4.69, 9.17) is 4.74 Å². The summed E-state index contributed by atoms with van der Waals surface area (Å²) in [6, 6.07) is 7.16. The molecule has 0 aromatic heterocycles. The largest absolute Gasteiger partial charge is 0.380 e. The van der Waals surface area contributed by atoms with Gasteiger partial charge in [-0.15, -0.1) is 0 Å². The molecule has 82 valence electrons. The molecule has 0 bridgehead atoms. The second kappa shape index (κ2) is 4.77. The Morgan fingerprint density at radius 2 is 2.33 bits per heavy atom. The van der Waals surface area contributed by atoms with Crippen LogP contribution in [0, 0.1) is 0 Å². The molecule has 0 saturated carbocycles. The number of rotatable bonds is 3. The van der Waals surface area contributed by atoms with Crippen molar-refractivity contribution in [2.45, 2.75) is 39.0 Å². The van der Waals surface area contributed by atoms with Crippen molar-refractivity contribution in [3.63, 3.8) is 0 Å². The van der Waals surface area contributed by atoms with Gasteiger partial charge in [0.15, 0.2) is 0 Å². The van der Waals surface area contributed by atoms with Crippen LogP contribution in [-0.4, -0.2) is 13.2 Å². The van der Waals surface area contributed by atoms with E-state index in [0.717, 1.165) is 19.6 Å². The van der Waals surface area contributed by atoms with E-state index < -0.39 is 0 Å². The fourth-order valence-corrected chi connectivity index (χ4v) is 2.27. The lowest BCUT2D eigenvalue weighted by atomic mass is 9.91. The molecule has 1 aliphatic rings. The smallest absolute Gasteiger partial charge is 0.0715 e. The summed E-state index contributed by atoms with van der Waals surface area (Å²) in [5, 5.41) is 3.55. The summed E-state index contributed by atoms with van der Waals surface area (Å²) >= 11 is 0. The Bertz CT molecular complexity index is 335. The molecule has 15 heavy (non-hydrogen) atoms. The van der Waals surface area contributed by atoms with Crippen LogP contribution in [-0.2, 0) is 24.3 Å². The van der Waals surface area contributed by atoms with Crippen LogP contribution in [0.1, 0.15) is 30.0 Å². The molecule has 2 heteroatoms. The standard InChI is InChI=1S/C13H19NO/c1-3-12-7-13-10(8-14-12)5-4-6-11(13)9-15-2/h4-6,12,14H,3,7-9H2,1-2H3. The lowest BCUT2D eigenvalue weighted by Gasteiger charge is -2.27. The topological polar surface area (TPSA) is 21.3 Å². The maximum atomic E-state index is 5.24. The Hall–Kier alpha value is -0.860. The molecule has 1 N–H and O–H groups in total.